The lowest BCUT2D eigenvalue weighted by Crippen LogP contribution is -2.03. The van der Waals surface area contributed by atoms with Crippen LogP contribution in [0.2, 0.25) is 0 Å². The van der Waals surface area contributed by atoms with Crippen LogP contribution in [0.15, 0.2) is 30.6 Å². The van der Waals surface area contributed by atoms with Crippen molar-refractivity contribution in [1.29, 1.82) is 5.26 Å². The summed E-state index contributed by atoms with van der Waals surface area (Å²) in [7, 11) is 0. The Kier molecular flexibility index (Phi) is 2.92. The Morgan fingerprint density at radius 3 is 2.50 bits per heavy atom. The van der Waals surface area contributed by atoms with Gasteiger partial charge in [-0.05, 0) is 36.0 Å². The topological polar surface area (TPSA) is 86.9 Å². The number of rotatable bonds is 3. The Bertz CT molecular complexity index is 713. The number of hydrogen-bond donors (Lipinski definition) is 1. The highest BCUT2D eigenvalue weighted by atomic mass is 16.4. The Hall–Kier alpha value is -2.74. The maximum Gasteiger partial charge on any atom is 0.373 e. The van der Waals surface area contributed by atoms with Crippen molar-refractivity contribution in [3.05, 3.63) is 47.5 Å². The maximum absolute atomic E-state index is 10.7. The number of nitrogens with zero attached hydrogens (tertiary/aromatic N) is 3. The molecule has 1 aromatic carbocycles. The first kappa shape index (κ1) is 12.3. The van der Waals surface area contributed by atoms with Crippen LogP contribution in [0.5, 0.6) is 0 Å². The van der Waals surface area contributed by atoms with Crippen molar-refractivity contribution in [3.8, 4) is 17.2 Å². The van der Waals surface area contributed by atoms with Crippen molar-refractivity contribution < 1.29 is 9.90 Å². The third-order valence-electron chi connectivity index (χ3n) is 3.37. The van der Waals surface area contributed by atoms with Crippen molar-refractivity contribution >= 4 is 5.97 Å². The Morgan fingerprint density at radius 2 is 1.95 bits per heavy atom. The van der Waals surface area contributed by atoms with Gasteiger partial charge in [0.2, 0.25) is 5.82 Å². The molecule has 0 amide bonds. The van der Waals surface area contributed by atoms with Gasteiger partial charge < -0.3 is 5.11 Å². The predicted molar refractivity (Wildman–Crippen MR) is 71.1 cm³/mol. The van der Waals surface area contributed by atoms with E-state index in [1.54, 1.807) is 0 Å². The summed E-state index contributed by atoms with van der Waals surface area (Å²) in [5, 5.41) is 18.0. The van der Waals surface area contributed by atoms with E-state index in [-0.39, 0.29) is 5.82 Å². The van der Waals surface area contributed by atoms with E-state index in [9.17, 15) is 10.1 Å². The first-order valence-electron chi connectivity index (χ1n) is 6.29. The van der Waals surface area contributed by atoms with Gasteiger partial charge >= 0.3 is 5.97 Å². The number of nitriles is 1. The van der Waals surface area contributed by atoms with E-state index < -0.39 is 5.97 Å². The molecule has 98 valence electrons. The van der Waals surface area contributed by atoms with Gasteiger partial charge in [-0.25, -0.2) is 14.8 Å². The van der Waals surface area contributed by atoms with Gasteiger partial charge in [-0.2, -0.15) is 5.26 Å². The lowest BCUT2D eigenvalue weighted by atomic mass is 9.99. The molecule has 0 bridgehead atoms. The van der Waals surface area contributed by atoms with Crippen molar-refractivity contribution in [3.63, 3.8) is 0 Å². The summed E-state index contributed by atoms with van der Waals surface area (Å²) in [6, 6.07) is 7.93. The first-order valence-corrected chi connectivity index (χ1v) is 6.29. The molecule has 1 aliphatic rings. The summed E-state index contributed by atoms with van der Waals surface area (Å²) in [4.78, 5) is 18.3. The predicted octanol–water partition coefficient (Wildman–Crippen LogP) is 2.59. The van der Waals surface area contributed by atoms with Crippen molar-refractivity contribution in [2.45, 2.75) is 18.8 Å². The van der Waals surface area contributed by atoms with Crippen LogP contribution < -0.4 is 0 Å². The SMILES string of the molecule is N#Cc1cc(-c2cnc(C(=O)O)nc2)ccc1C1CC1. The number of aromatic carboxylic acids is 1. The lowest BCUT2D eigenvalue weighted by Gasteiger charge is -2.06. The van der Waals surface area contributed by atoms with Gasteiger partial charge in [-0.15, -0.1) is 0 Å². The van der Waals surface area contributed by atoms with Gasteiger partial charge in [-0.3, -0.25) is 0 Å². The fraction of sp³-hybridized carbons (Fsp3) is 0.200. The molecule has 1 aliphatic carbocycles. The van der Waals surface area contributed by atoms with Crippen LogP contribution in [0.4, 0.5) is 0 Å². The molecule has 1 fully saturated rings. The second-order valence-corrected chi connectivity index (χ2v) is 4.79. The van der Waals surface area contributed by atoms with E-state index in [4.69, 9.17) is 5.11 Å². The average molecular weight is 265 g/mol. The van der Waals surface area contributed by atoms with Gasteiger partial charge in [0.05, 0.1) is 11.6 Å². The molecule has 1 heterocycles. The molecule has 5 nitrogen and oxygen atoms in total. The summed E-state index contributed by atoms with van der Waals surface area (Å²) in [6.07, 6.45) is 5.21. The Labute approximate surface area is 115 Å². The molecule has 0 radical (unpaired) electrons. The molecule has 0 spiro atoms. The highest BCUT2D eigenvalue weighted by Gasteiger charge is 2.26. The van der Waals surface area contributed by atoms with Gasteiger partial charge in [0.25, 0.3) is 0 Å². The summed E-state index contributed by atoms with van der Waals surface area (Å²) in [5.74, 6) is -0.869. The second-order valence-electron chi connectivity index (χ2n) is 4.79. The fourth-order valence-electron chi connectivity index (χ4n) is 2.17. The molecule has 5 heteroatoms. The molecule has 2 aromatic rings. The zero-order chi connectivity index (χ0) is 14.1. The molecular weight excluding hydrogens is 254 g/mol. The highest BCUT2D eigenvalue weighted by molar-refractivity contribution is 5.83. The van der Waals surface area contributed by atoms with E-state index in [1.165, 1.54) is 12.4 Å². The van der Waals surface area contributed by atoms with Crippen molar-refractivity contribution in [2.24, 2.45) is 0 Å². The summed E-state index contributed by atoms with van der Waals surface area (Å²) < 4.78 is 0. The fourth-order valence-corrected chi connectivity index (χ4v) is 2.17. The first-order chi connectivity index (χ1) is 9.69. The zero-order valence-corrected chi connectivity index (χ0v) is 10.6. The van der Waals surface area contributed by atoms with Crippen molar-refractivity contribution in [1.82, 2.24) is 9.97 Å². The average Bonchev–Trinajstić information content (AvgIpc) is 3.31. The monoisotopic (exact) mass is 265 g/mol. The standard InChI is InChI=1S/C15H11N3O2/c16-6-11-5-10(3-4-13(11)9-1-2-9)12-7-17-14(15(19)20)18-8-12/h3-5,7-9H,1-2H2,(H,19,20). The number of aromatic nitrogens is 2. The molecule has 3 rings (SSSR count). The Morgan fingerprint density at radius 1 is 1.25 bits per heavy atom. The van der Waals surface area contributed by atoms with Crippen molar-refractivity contribution in [2.75, 3.05) is 0 Å². The number of benzene rings is 1. The van der Waals surface area contributed by atoms with Crippen LogP contribution in [0.25, 0.3) is 11.1 Å². The molecule has 1 saturated carbocycles. The molecule has 1 N–H and O–H groups in total. The van der Waals surface area contributed by atoms with Crippen LogP contribution >= 0.6 is 0 Å². The van der Waals surface area contributed by atoms with Gasteiger partial charge in [0.1, 0.15) is 0 Å². The molecular formula is C15H11N3O2. The molecule has 1 aromatic heterocycles. The van der Waals surface area contributed by atoms with Crippen LogP contribution in [-0.2, 0) is 0 Å². The summed E-state index contributed by atoms with van der Waals surface area (Å²) in [5.41, 5.74) is 3.29. The third kappa shape index (κ3) is 2.24. The smallest absolute Gasteiger partial charge is 0.373 e. The van der Waals surface area contributed by atoms with Gasteiger partial charge in [0.15, 0.2) is 0 Å². The number of carboxylic acids is 1. The van der Waals surface area contributed by atoms with E-state index in [2.05, 4.69) is 16.0 Å². The zero-order valence-electron chi connectivity index (χ0n) is 10.6. The van der Waals surface area contributed by atoms with E-state index >= 15 is 0 Å². The normalized spacial score (nSPS) is 13.8. The minimum absolute atomic E-state index is 0.233. The number of hydrogen-bond acceptors (Lipinski definition) is 4. The maximum atomic E-state index is 10.7. The molecule has 0 saturated heterocycles. The van der Waals surface area contributed by atoms with Crippen LogP contribution in [0.3, 0.4) is 0 Å². The van der Waals surface area contributed by atoms with E-state index in [1.807, 2.05) is 18.2 Å². The largest absolute Gasteiger partial charge is 0.475 e. The molecule has 0 aliphatic heterocycles. The second kappa shape index (κ2) is 4.74. The molecule has 0 atom stereocenters. The minimum Gasteiger partial charge on any atom is -0.475 e. The van der Waals surface area contributed by atoms with Crippen LogP contribution in [0, 0.1) is 11.3 Å². The minimum atomic E-state index is -1.15. The molecule has 0 unspecified atom stereocenters. The van der Waals surface area contributed by atoms with E-state index in [0.29, 0.717) is 17.0 Å². The van der Waals surface area contributed by atoms with Gasteiger partial charge in [-0.1, -0.05) is 12.1 Å². The summed E-state index contributed by atoms with van der Waals surface area (Å²) in [6.45, 7) is 0. The highest BCUT2D eigenvalue weighted by Crippen LogP contribution is 2.42. The quantitative estimate of drug-likeness (QED) is 0.921. The van der Waals surface area contributed by atoms with E-state index in [0.717, 1.165) is 24.0 Å². The number of carbonyl (C=O) groups is 1. The third-order valence-corrected chi connectivity index (χ3v) is 3.37. The van der Waals surface area contributed by atoms with Gasteiger partial charge in [0, 0.05) is 18.0 Å². The summed E-state index contributed by atoms with van der Waals surface area (Å²) >= 11 is 0. The Balaban J connectivity index is 1.97. The molecule has 20 heavy (non-hydrogen) atoms. The van der Waals surface area contributed by atoms with Crippen LogP contribution in [0.1, 0.15) is 40.5 Å². The number of carboxylic acid groups (broad SMARTS) is 1. The van der Waals surface area contributed by atoms with Crippen LogP contribution in [-0.4, -0.2) is 21.0 Å². The lowest BCUT2D eigenvalue weighted by molar-refractivity contribution is 0.0683.